The molecule has 1 heterocycles. The maximum absolute atomic E-state index is 13.3. The Labute approximate surface area is 226 Å². The van der Waals surface area contributed by atoms with Gasteiger partial charge in [0.2, 0.25) is 17.7 Å². The Hall–Kier alpha value is -2.70. The van der Waals surface area contributed by atoms with Gasteiger partial charge < -0.3 is 31.8 Å². The number of para-hydroxylation sites is 1. The fraction of sp³-hybridized carbons (Fsp3) is 0.520. The van der Waals surface area contributed by atoms with Crippen molar-refractivity contribution in [1.29, 1.82) is 0 Å². The second-order valence-corrected chi connectivity index (χ2v) is 10.6. The molecule has 0 fully saturated rings. The second kappa shape index (κ2) is 14.9. The van der Waals surface area contributed by atoms with Crippen molar-refractivity contribution in [2.24, 2.45) is 11.7 Å². The number of H-pyrrole nitrogens is 1. The van der Waals surface area contributed by atoms with Crippen molar-refractivity contribution in [1.82, 2.24) is 20.9 Å². The van der Waals surface area contributed by atoms with Gasteiger partial charge in [-0.3, -0.25) is 14.4 Å². The molecular formula is C25H37N5O5S2. The lowest BCUT2D eigenvalue weighted by molar-refractivity contribution is -0.142. The van der Waals surface area contributed by atoms with E-state index < -0.39 is 47.9 Å². The van der Waals surface area contributed by atoms with Crippen LogP contribution in [0.4, 0.5) is 0 Å². The minimum absolute atomic E-state index is 0.0624. The summed E-state index contributed by atoms with van der Waals surface area (Å²) in [5.74, 6) is -2.21. The Morgan fingerprint density at radius 2 is 1.65 bits per heavy atom. The summed E-state index contributed by atoms with van der Waals surface area (Å²) in [6, 6.07) is 3.58. The number of thiol groups is 1. The van der Waals surface area contributed by atoms with Crippen molar-refractivity contribution in [2.75, 3.05) is 17.8 Å². The number of hydrogen-bond acceptors (Lipinski definition) is 7. The van der Waals surface area contributed by atoms with Crippen molar-refractivity contribution in [3.8, 4) is 0 Å². The molecule has 12 heteroatoms. The largest absolute Gasteiger partial charge is 0.480 e. The number of aliphatic carboxylic acids is 1. The van der Waals surface area contributed by atoms with Crippen LogP contribution in [0.1, 0.15) is 32.3 Å². The molecule has 0 radical (unpaired) electrons. The molecule has 0 aliphatic heterocycles. The van der Waals surface area contributed by atoms with Gasteiger partial charge in [-0.2, -0.15) is 24.4 Å². The van der Waals surface area contributed by atoms with Gasteiger partial charge in [0.1, 0.15) is 18.1 Å². The summed E-state index contributed by atoms with van der Waals surface area (Å²) in [4.78, 5) is 53.6. The molecule has 10 nitrogen and oxygen atoms in total. The molecule has 7 N–H and O–H groups in total. The van der Waals surface area contributed by atoms with Crippen LogP contribution in [0.15, 0.2) is 30.5 Å². The van der Waals surface area contributed by atoms with Gasteiger partial charge in [0.15, 0.2) is 0 Å². The monoisotopic (exact) mass is 551 g/mol. The third kappa shape index (κ3) is 9.28. The molecule has 2 aromatic rings. The van der Waals surface area contributed by atoms with E-state index >= 15 is 0 Å². The summed E-state index contributed by atoms with van der Waals surface area (Å²) in [6.07, 6.45) is 4.45. The van der Waals surface area contributed by atoms with Crippen molar-refractivity contribution in [3.05, 3.63) is 36.0 Å². The van der Waals surface area contributed by atoms with Gasteiger partial charge >= 0.3 is 5.97 Å². The molecule has 3 amide bonds. The van der Waals surface area contributed by atoms with Gasteiger partial charge in [0, 0.05) is 29.3 Å². The topological polar surface area (TPSA) is 166 Å². The predicted octanol–water partition coefficient (Wildman–Crippen LogP) is 1.31. The van der Waals surface area contributed by atoms with E-state index in [2.05, 4.69) is 33.6 Å². The summed E-state index contributed by atoms with van der Waals surface area (Å²) in [5, 5.41) is 18.2. The van der Waals surface area contributed by atoms with Gasteiger partial charge in [-0.05, 0) is 42.4 Å². The van der Waals surface area contributed by atoms with Crippen molar-refractivity contribution in [2.45, 2.75) is 57.3 Å². The molecule has 1 aromatic carbocycles. The number of fused-ring (bicyclic) bond motifs is 1. The highest BCUT2D eigenvalue weighted by atomic mass is 32.2. The fourth-order valence-corrected chi connectivity index (χ4v) is 4.58. The zero-order valence-corrected chi connectivity index (χ0v) is 23.0. The SMILES string of the molecule is CSCCC(NC(=O)C(CS)NC(=O)C(Cc1c[nH]c2ccccc12)NC(=O)C(N)CC(C)C)C(=O)O. The minimum atomic E-state index is -1.16. The number of aromatic amines is 1. The normalized spacial score (nSPS) is 14.5. The molecule has 1 aromatic heterocycles. The summed E-state index contributed by atoms with van der Waals surface area (Å²) in [6.45, 7) is 3.89. The van der Waals surface area contributed by atoms with Crippen molar-refractivity contribution >= 4 is 59.0 Å². The Kier molecular flexibility index (Phi) is 12.3. The van der Waals surface area contributed by atoms with E-state index in [1.165, 1.54) is 11.8 Å². The second-order valence-electron chi connectivity index (χ2n) is 9.29. The Morgan fingerprint density at radius 1 is 1.03 bits per heavy atom. The number of nitrogens with two attached hydrogens (primary N) is 1. The lowest BCUT2D eigenvalue weighted by Crippen LogP contribution is -2.58. The molecule has 0 bridgehead atoms. The third-order valence-corrected chi connectivity index (χ3v) is 6.84. The van der Waals surface area contributed by atoms with Crippen LogP contribution < -0.4 is 21.7 Å². The molecule has 0 aliphatic rings. The smallest absolute Gasteiger partial charge is 0.326 e. The van der Waals surface area contributed by atoms with Gasteiger partial charge in [-0.15, -0.1) is 0 Å². The maximum atomic E-state index is 13.3. The highest BCUT2D eigenvalue weighted by Crippen LogP contribution is 2.19. The van der Waals surface area contributed by atoms with Crippen LogP contribution in [-0.4, -0.2) is 75.7 Å². The first-order valence-corrected chi connectivity index (χ1v) is 14.1. The third-order valence-electron chi connectivity index (χ3n) is 5.83. The molecule has 37 heavy (non-hydrogen) atoms. The molecule has 0 saturated heterocycles. The summed E-state index contributed by atoms with van der Waals surface area (Å²) < 4.78 is 0. The van der Waals surface area contributed by atoms with Gasteiger partial charge in [-0.1, -0.05) is 32.0 Å². The van der Waals surface area contributed by atoms with E-state index in [-0.39, 0.29) is 24.5 Å². The quantitative estimate of drug-likeness (QED) is 0.164. The molecule has 2 rings (SSSR count). The standard InChI is InChI=1S/C25H37N5O5S2/c1-14(2)10-17(26)22(31)29-20(11-15-12-27-18-7-5-4-6-16(15)18)23(32)30-21(13-36)24(33)28-19(25(34)35)8-9-37-3/h4-7,12,14,17,19-21,27,36H,8-11,13,26H2,1-3H3,(H,28,33)(H,29,31)(H,30,32)(H,34,35). The average Bonchev–Trinajstić information content (AvgIpc) is 3.26. The first-order chi connectivity index (χ1) is 17.6. The van der Waals surface area contributed by atoms with E-state index in [0.717, 1.165) is 16.5 Å². The molecule has 4 unspecified atom stereocenters. The van der Waals surface area contributed by atoms with E-state index in [0.29, 0.717) is 12.2 Å². The van der Waals surface area contributed by atoms with Gasteiger partial charge in [0.05, 0.1) is 6.04 Å². The number of rotatable bonds is 15. The Morgan fingerprint density at radius 3 is 2.27 bits per heavy atom. The fourth-order valence-electron chi connectivity index (χ4n) is 3.86. The molecule has 0 saturated carbocycles. The summed E-state index contributed by atoms with van der Waals surface area (Å²) in [5.41, 5.74) is 7.74. The van der Waals surface area contributed by atoms with Gasteiger partial charge in [0.25, 0.3) is 0 Å². The number of aromatic nitrogens is 1. The predicted molar refractivity (Wildman–Crippen MR) is 150 cm³/mol. The average molecular weight is 552 g/mol. The van der Waals surface area contributed by atoms with Crippen LogP contribution in [0.3, 0.4) is 0 Å². The van der Waals surface area contributed by atoms with Crippen LogP contribution in [-0.2, 0) is 25.6 Å². The molecule has 4 atom stereocenters. The number of carbonyl (C=O) groups excluding carboxylic acids is 3. The maximum Gasteiger partial charge on any atom is 0.326 e. The number of thioether (sulfide) groups is 1. The number of benzene rings is 1. The van der Waals surface area contributed by atoms with E-state index in [9.17, 15) is 24.3 Å². The number of carboxylic acid groups (broad SMARTS) is 1. The van der Waals surface area contributed by atoms with E-state index in [1.807, 2.05) is 44.4 Å². The molecule has 0 spiro atoms. The van der Waals surface area contributed by atoms with Crippen molar-refractivity contribution < 1.29 is 24.3 Å². The number of nitrogens with one attached hydrogen (secondary N) is 4. The lowest BCUT2D eigenvalue weighted by atomic mass is 10.0. The lowest BCUT2D eigenvalue weighted by Gasteiger charge is -2.25. The van der Waals surface area contributed by atoms with Crippen LogP contribution in [0, 0.1) is 5.92 Å². The molecule has 204 valence electrons. The van der Waals surface area contributed by atoms with Crippen molar-refractivity contribution in [3.63, 3.8) is 0 Å². The highest BCUT2D eigenvalue weighted by Gasteiger charge is 2.30. The van der Waals surface area contributed by atoms with E-state index in [4.69, 9.17) is 5.73 Å². The number of amides is 3. The first-order valence-electron chi connectivity index (χ1n) is 12.1. The first kappa shape index (κ1) is 30.5. The number of hydrogen-bond donors (Lipinski definition) is 7. The highest BCUT2D eigenvalue weighted by molar-refractivity contribution is 7.98. The van der Waals surface area contributed by atoms with Crippen LogP contribution in [0.5, 0.6) is 0 Å². The van der Waals surface area contributed by atoms with Crippen LogP contribution in [0.25, 0.3) is 10.9 Å². The minimum Gasteiger partial charge on any atom is -0.480 e. The Balaban J connectivity index is 2.21. The van der Waals surface area contributed by atoms with Crippen LogP contribution >= 0.6 is 24.4 Å². The summed E-state index contributed by atoms with van der Waals surface area (Å²) in [7, 11) is 0. The Bertz CT molecular complexity index is 1080. The van der Waals surface area contributed by atoms with Gasteiger partial charge in [-0.25, -0.2) is 4.79 Å². The van der Waals surface area contributed by atoms with E-state index in [1.54, 1.807) is 6.20 Å². The molecule has 0 aliphatic carbocycles. The van der Waals surface area contributed by atoms with Crippen LogP contribution in [0.2, 0.25) is 0 Å². The zero-order valence-electron chi connectivity index (χ0n) is 21.3. The number of carboxylic acids is 1. The summed E-state index contributed by atoms with van der Waals surface area (Å²) >= 11 is 5.65. The molecular weight excluding hydrogens is 514 g/mol. The zero-order chi connectivity index (χ0) is 27.5. The number of carbonyl (C=O) groups is 4.